The van der Waals surface area contributed by atoms with Gasteiger partial charge in [0.05, 0.1) is 13.2 Å². The first-order valence-corrected chi connectivity index (χ1v) is 13.8. The highest BCUT2D eigenvalue weighted by molar-refractivity contribution is 5.98. The van der Waals surface area contributed by atoms with Gasteiger partial charge in [-0.3, -0.25) is 9.59 Å². The van der Waals surface area contributed by atoms with E-state index in [1.54, 1.807) is 24.3 Å². The minimum atomic E-state index is -1.34. The second kappa shape index (κ2) is 12.4. The molecule has 4 rings (SSSR count). The normalized spacial score (nSPS) is 20.8. The maximum Gasteiger partial charge on any atom is 0.254 e. The number of alkyl halides is 2. The number of hydrogen-bond donors (Lipinski definition) is 1. The molecule has 0 aromatic heterocycles. The SMILES string of the molecule is CCC(F)(CC)CN1CCC(COc2ccc(-c3ccc(C(=O)N4C[C@@H](F)CC4C(N)=O)cc3F)cc2)CC1. The van der Waals surface area contributed by atoms with Gasteiger partial charge in [0.25, 0.3) is 5.91 Å². The second-order valence-corrected chi connectivity index (χ2v) is 10.8. The number of hydrogen-bond acceptors (Lipinski definition) is 4. The van der Waals surface area contributed by atoms with Crippen LogP contribution < -0.4 is 10.5 Å². The Kier molecular flexibility index (Phi) is 9.20. The summed E-state index contributed by atoms with van der Waals surface area (Å²) in [4.78, 5) is 27.7. The molecule has 1 unspecified atom stereocenters. The number of rotatable bonds is 10. The Morgan fingerprint density at radius 2 is 1.74 bits per heavy atom. The van der Waals surface area contributed by atoms with E-state index >= 15 is 0 Å². The van der Waals surface area contributed by atoms with E-state index < -0.39 is 35.5 Å². The molecule has 2 heterocycles. The summed E-state index contributed by atoms with van der Waals surface area (Å²) in [5.74, 6) is -0.922. The number of carbonyl (C=O) groups excluding carboxylic acids is 2. The Morgan fingerprint density at radius 1 is 1.08 bits per heavy atom. The van der Waals surface area contributed by atoms with Crippen LogP contribution in [-0.2, 0) is 4.79 Å². The maximum absolute atomic E-state index is 15.0. The zero-order valence-corrected chi connectivity index (χ0v) is 22.7. The van der Waals surface area contributed by atoms with E-state index in [1.165, 1.54) is 12.1 Å². The largest absolute Gasteiger partial charge is 0.493 e. The number of nitrogens with zero attached hydrogens (tertiary/aromatic N) is 2. The zero-order valence-electron chi connectivity index (χ0n) is 22.7. The van der Waals surface area contributed by atoms with E-state index in [4.69, 9.17) is 10.5 Å². The van der Waals surface area contributed by atoms with Crippen LogP contribution in [0.2, 0.25) is 0 Å². The predicted molar refractivity (Wildman–Crippen MR) is 144 cm³/mol. The molecule has 2 saturated heterocycles. The molecule has 9 heteroatoms. The molecular weight excluding hydrogens is 507 g/mol. The Hall–Kier alpha value is -3.07. The predicted octanol–water partition coefficient (Wildman–Crippen LogP) is 5.15. The van der Waals surface area contributed by atoms with Crippen molar-refractivity contribution in [3.8, 4) is 16.9 Å². The van der Waals surface area contributed by atoms with Gasteiger partial charge in [-0.15, -0.1) is 0 Å². The molecule has 2 aromatic rings. The van der Waals surface area contributed by atoms with Crippen LogP contribution in [0.15, 0.2) is 42.5 Å². The summed E-state index contributed by atoms with van der Waals surface area (Å²) in [6.45, 7) is 6.36. The number of benzene rings is 2. The molecule has 6 nitrogen and oxygen atoms in total. The van der Waals surface area contributed by atoms with Crippen LogP contribution >= 0.6 is 0 Å². The highest BCUT2D eigenvalue weighted by Gasteiger charge is 2.39. The minimum Gasteiger partial charge on any atom is -0.493 e. The Balaban J connectivity index is 1.31. The second-order valence-electron chi connectivity index (χ2n) is 10.8. The third-order valence-corrected chi connectivity index (χ3v) is 8.19. The number of piperidine rings is 1. The van der Waals surface area contributed by atoms with Crippen LogP contribution in [0.5, 0.6) is 5.75 Å². The lowest BCUT2D eigenvalue weighted by atomic mass is 9.94. The van der Waals surface area contributed by atoms with Crippen molar-refractivity contribution >= 4 is 11.8 Å². The van der Waals surface area contributed by atoms with Crippen LogP contribution in [-0.4, -0.2) is 72.3 Å². The fourth-order valence-corrected chi connectivity index (χ4v) is 5.46. The number of likely N-dealkylation sites (tertiary alicyclic amines) is 2. The number of amides is 2. The van der Waals surface area contributed by atoms with E-state index in [0.29, 0.717) is 48.8 Å². The summed E-state index contributed by atoms with van der Waals surface area (Å²) in [7, 11) is 0. The molecule has 2 aromatic carbocycles. The number of nitrogens with two attached hydrogens (primary N) is 1. The quantitative estimate of drug-likeness (QED) is 0.448. The van der Waals surface area contributed by atoms with Gasteiger partial charge in [0.15, 0.2) is 0 Å². The monoisotopic (exact) mass is 545 g/mol. The molecular formula is C30H38F3N3O3. The number of ether oxygens (including phenoxy) is 1. The van der Waals surface area contributed by atoms with Crippen LogP contribution in [0.1, 0.15) is 56.3 Å². The topological polar surface area (TPSA) is 75.9 Å². The average molecular weight is 546 g/mol. The van der Waals surface area contributed by atoms with E-state index in [0.717, 1.165) is 36.9 Å². The highest BCUT2D eigenvalue weighted by atomic mass is 19.1. The van der Waals surface area contributed by atoms with Gasteiger partial charge in [0.2, 0.25) is 5.91 Å². The van der Waals surface area contributed by atoms with Crippen LogP contribution in [0, 0.1) is 11.7 Å². The summed E-state index contributed by atoms with van der Waals surface area (Å²) < 4.78 is 49.5. The van der Waals surface area contributed by atoms with Gasteiger partial charge in [-0.1, -0.05) is 32.0 Å². The summed E-state index contributed by atoms with van der Waals surface area (Å²) in [6.07, 6.45) is 1.50. The summed E-state index contributed by atoms with van der Waals surface area (Å²) in [5.41, 5.74) is 5.16. The van der Waals surface area contributed by atoms with Gasteiger partial charge in [0, 0.05) is 24.1 Å². The third-order valence-electron chi connectivity index (χ3n) is 8.19. The van der Waals surface area contributed by atoms with Gasteiger partial charge in [-0.2, -0.15) is 0 Å². The van der Waals surface area contributed by atoms with E-state index in [-0.39, 0.29) is 18.5 Å². The van der Waals surface area contributed by atoms with Crippen LogP contribution in [0.4, 0.5) is 13.2 Å². The molecule has 2 aliphatic rings. The molecule has 2 N–H and O–H groups in total. The standard InChI is InChI=1S/C30H38F3N3O3/c1-3-30(33,4-2)19-35-13-11-20(12-14-35)18-39-24-8-5-21(6-9-24)25-10-7-22(15-26(25)32)29(38)36-17-23(31)16-27(36)28(34)37/h5-10,15,20,23,27H,3-4,11-14,16-19H2,1-2H3,(H2,34,37)/t23-,27?/m0/s1. The van der Waals surface area contributed by atoms with Gasteiger partial charge in [-0.25, -0.2) is 13.2 Å². The van der Waals surface area contributed by atoms with E-state index in [9.17, 15) is 22.8 Å². The summed E-state index contributed by atoms with van der Waals surface area (Å²) in [5, 5.41) is 0. The highest BCUT2D eigenvalue weighted by Crippen LogP contribution is 2.29. The minimum absolute atomic E-state index is 0.0317. The van der Waals surface area contributed by atoms with Crippen molar-refractivity contribution in [3.63, 3.8) is 0 Å². The van der Waals surface area contributed by atoms with Crippen LogP contribution in [0.25, 0.3) is 11.1 Å². The Morgan fingerprint density at radius 3 is 2.33 bits per heavy atom. The van der Waals surface area contributed by atoms with Crippen molar-refractivity contribution in [2.45, 2.75) is 63.8 Å². The Bertz CT molecular complexity index is 1150. The molecule has 0 radical (unpaired) electrons. The lowest BCUT2D eigenvalue weighted by Gasteiger charge is -2.36. The smallest absolute Gasteiger partial charge is 0.254 e. The van der Waals surface area contributed by atoms with Gasteiger partial charge in [-0.05, 0) is 74.5 Å². The van der Waals surface area contributed by atoms with Crippen molar-refractivity contribution in [2.75, 3.05) is 32.8 Å². The van der Waals surface area contributed by atoms with Crippen molar-refractivity contribution in [2.24, 2.45) is 11.7 Å². The zero-order chi connectivity index (χ0) is 28.2. The number of primary amides is 1. The summed E-state index contributed by atoms with van der Waals surface area (Å²) in [6, 6.07) is 10.1. The van der Waals surface area contributed by atoms with Crippen molar-refractivity contribution in [3.05, 3.63) is 53.8 Å². The molecule has 0 bridgehead atoms. The molecule has 0 saturated carbocycles. The molecule has 212 valence electrons. The fraction of sp³-hybridized carbons (Fsp3) is 0.533. The number of carbonyl (C=O) groups is 2. The average Bonchev–Trinajstić information content (AvgIpc) is 3.34. The maximum atomic E-state index is 15.0. The van der Waals surface area contributed by atoms with Crippen molar-refractivity contribution < 1.29 is 27.5 Å². The lowest BCUT2D eigenvalue weighted by Crippen LogP contribution is -2.44. The van der Waals surface area contributed by atoms with Gasteiger partial charge < -0.3 is 20.3 Å². The first-order chi connectivity index (χ1) is 18.6. The van der Waals surface area contributed by atoms with E-state index in [2.05, 4.69) is 4.90 Å². The first-order valence-electron chi connectivity index (χ1n) is 13.8. The first kappa shape index (κ1) is 28.9. The molecule has 2 fully saturated rings. The van der Waals surface area contributed by atoms with Crippen molar-refractivity contribution in [1.82, 2.24) is 9.80 Å². The van der Waals surface area contributed by atoms with E-state index in [1.807, 2.05) is 13.8 Å². The molecule has 2 amide bonds. The molecule has 0 spiro atoms. The third kappa shape index (κ3) is 6.93. The Labute approximate surface area is 228 Å². The molecule has 39 heavy (non-hydrogen) atoms. The van der Waals surface area contributed by atoms with Gasteiger partial charge >= 0.3 is 0 Å². The molecule has 2 aliphatic heterocycles. The van der Waals surface area contributed by atoms with Crippen LogP contribution in [0.3, 0.4) is 0 Å². The fourth-order valence-electron chi connectivity index (χ4n) is 5.46. The lowest BCUT2D eigenvalue weighted by molar-refractivity contribution is -0.121. The molecule has 2 atom stereocenters. The molecule has 0 aliphatic carbocycles. The number of halogens is 3. The van der Waals surface area contributed by atoms with Gasteiger partial charge in [0.1, 0.15) is 29.4 Å². The summed E-state index contributed by atoms with van der Waals surface area (Å²) >= 11 is 0. The van der Waals surface area contributed by atoms with Crippen molar-refractivity contribution in [1.29, 1.82) is 0 Å².